The molecule has 1 aliphatic heterocycles. The van der Waals surface area contributed by atoms with Crippen LogP contribution in [-0.4, -0.2) is 61.4 Å². The predicted octanol–water partition coefficient (Wildman–Crippen LogP) is 0.686. The highest BCUT2D eigenvalue weighted by Gasteiger charge is 2.26. The molecule has 0 radical (unpaired) electrons. The molecular weight excluding hydrogens is 326 g/mol. The highest BCUT2D eigenvalue weighted by molar-refractivity contribution is 5.94. The van der Waals surface area contributed by atoms with Gasteiger partial charge in [0.05, 0.1) is 26.2 Å². The molecule has 26 heavy (non-hydrogen) atoms. The first-order valence-corrected chi connectivity index (χ1v) is 9.09. The van der Waals surface area contributed by atoms with E-state index in [4.69, 9.17) is 0 Å². The third-order valence-corrected chi connectivity index (χ3v) is 4.87. The Kier molecular flexibility index (Phi) is 6.02. The largest absolute Gasteiger partial charge is 0.337 e. The van der Waals surface area contributed by atoms with Crippen LogP contribution in [0.3, 0.4) is 0 Å². The topological polar surface area (TPSA) is 45.1 Å². The van der Waals surface area contributed by atoms with Gasteiger partial charge in [-0.3, -0.25) is 9.59 Å². The minimum Gasteiger partial charge on any atom is -0.337 e. The molecule has 0 bridgehead atoms. The maximum Gasteiger partial charge on any atom is 0.277 e. The number of rotatable bonds is 5. The smallest absolute Gasteiger partial charge is 0.277 e. The van der Waals surface area contributed by atoms with E-state index in [1.807, 2.05) is 72.6 Å². The van der Waals surface area contributed by atoms with Crippen LogP contribution in [0.5, 0.6) is 0 Å². The molecule has 0 aromatic heterocycles. The zero-order chi connectivity index (χ0) is 18.4. The molecule has 0 saturated carbocycles. The molecule has 1 fully saturated rings. The number of hydrogen-bond acceptors (Lipinski definition) is 2. The van der Waals surface area contributed by atoms with Crippen LogP contribution in [0.2, 0.25) is 0 Å². The van der Waals surface area contributed by atoms with E-state index in [9.17, 15) is 9.59 Å². The van der Waals surface area contributed by atoms with E-state index in [-0.39, 0.29) is 11.8 Å². The quantitative estimate of drug-likeness (QED) is 0.860. The average molecular weight is 352 g/mol. The fourth-order valence-electron chi connectivity index (χ4n) is 3.26. The summed E-state index contributed by atoms with van der Waals surface area (Å²) in [6.45, 7) is 4.12. The molecule has 0 unspecified atom stereocenters. The lowest BCUT2D eigenvalue weighted by atomic mass is 10.2. The SMILES string of the molecule is CN(Cc1ccccc1)C(=O)C[NH+]1CCN(C(=O)c2ccccc2)CC1. The van der Waals surface area contributed by atoms with E-state index in [2.05, 4.69) is 0 Å². The molecule has 1 heterocycles. The number of carbonyl (C=O) groups excluding carboxylic acids is 2. The van der Waals surface area contributed by atoms with Crippen LogP contribution in [-0.2, 0) is 11.3 Å². The maximum atomic E-state index is 12.5. The van der Waals surface area contributed by atoms with Gasteiger partial charge in [0.15, 0.2) is 6.54 Å². The van der Waals surface area contributed by atoms with Gasteiger partial charge in [0.1, 0.15) is 0 Å². The Morgan fingerprint density at radius 1 is 0.962 bits per heavy atom. The number of nitrogens with one attached hydrogen (secondary N) is 1. The van der Waals surface area contributed by atoms with Crippen molar-refractivity contribution >= 4 is 11.8 Å². The van der Waals surface area contributed by atoms with Crippen molar-refractivity contribution in [1.82, 2.24) is 9.80 Å². The van der Waals surface area contributed by atoms with Crippen molar-refractivity contribution in [1.29, 1.82) is 0 Å². The normalized spacial score (nSPS) is 14.9. The van der Waals surface area contributed by atoms with Gasteiger partial charge < -0.3 is 14.7 Å². The lowest BCUT2D eigenvalue weighted by molar-refractivity contribution is -0.896. The fourth-order valence-corrected chi connectivity index (χ4v) is 3.26. The van der Waals surface area contributed by atoms with Crippen molar-refractivity contribution in [3.05, 3.63) is 71.8 Å². The highest BCUT2D eigenvalue weighted by Crippen LogP contribution is 2.05. The third kappa shape index (κ3) is 4.70. The summed E-state index contributed by atoms with van der Waals surface area (Å²) >= 11 is 0. The van der Waals surface area contributed by atoms with Crippen molar-refractivity contribution < 1.29 is 14.5 Å². The Bertz CT molecular complexity index is 725. The fraction of sp³-hybridized carbons (Fsp3) is 0.333. The maximum absolute atomic E-state index is 12.5. The van der Waals surface area contributed by atoms with Crippen LogP contribution >= 0.6 is 0 Å². The predicted molar refractivity (Wildman–Crippen MR) is 101 cm³/mol. The first-order valence-electron chi connectivity index (χ1n) is 9.09. The number of quaternary nitrogens is 1. The van der Waals surface area contributed by atoms with Gasteiger partial charge in [-0.1, -0.05) is 48.5 Å². The first-order chi connectivity index (χ1) is 12.6. The summed E-state index contributed by atoms with van der Waals surface area (Å²) in [7, 11) is 1.85. The molecular formula is C21H26N3O2+. The molecule has 3 rings (SSSR count). The van der Waals surface area contributed by atoms with Crippen LogP contribution in [0.1, 0.15) is 15.9 Å². The Labute approximate surface area is 154 Å². The lowest BCUT2D eigenvalue weighted by Crippen LogP contribution is -3.15. The average Bonchev–Trinajstić information content (AvgIpc) is 2.69. The number of hydrogen-bond donors (Lipinski definition) is 1. The van der Waals surface area contributed by atoms with Gasteiger partial charge in [0.25, 0.3) is 11.8 Å². The second-order valence-electron chi connectivity index (χ2n) is 6.82. The molecule has 5 heteroatoms. The Balaban J connectivity index is 1.46. The number of carbonyl (C=O) groups is 2. The molecule has 136 valence electrons. The Hall–Kier alpha value is -2.66. The van der Waals surface area contributed by atoms with E-state index in [0.717, 1.165) is 24.2 Å². The van der Waals surface area contributed by atoms with E-state index in [1.54, 1.807) is 4.90 Å². The summed E-state index contributed by atoms with van der Waals surface area (Å²) in [6, 6.07) is 19.4. The van der Waals surface area contributed by atoms with Crippen molar-refractivity contribution in [3.63, 3.8) is 0 Å². The second-order valence-corrected chi connectivity index (χ2v) is 6.82. The van der Waals surface area contributed by atoms with Gasteiger partial charge in [-0.05, 0) is 17.7 Å². The molecule has 0 aliphatic carbocycles. The molecule has 1 aliphatic rings. The van der Waals surface area contributed by atoms with Gasteiger partial charge in [-0.25, -0.2) is 0 Å². The van der Waals surface area contributed by atoms with E-state index >= 15 is 0 Å². The van der Waals surface area contributed by atoms with Crippen molar-refractivity contribution in [2.75, 3.05) is 39.8 Å². The molecule has 1 saturated heterocycles. The molecule has 2 amide bonds. The molecule has 0 atom stereocenters. The van der Waals surface area contributed by atoms with Crippen LogP contribution in [0, 0.1) is 0 Å². The molecule has 0 spiro atoms. The number of likely N-dealkylation sites (N-methyl/N-ethyl adjacent to an activating group) is 1. The number of amides is 2. The summed E-state index contributed by atoms with van der Waals surface area (Å²) in [5, 5.41) is 0. The Morgan fingerprint density at radius 2 is 1.54 bits per heavy atom. The van der Waals surface area contributed by atoms with Crippen LogP contribution in [0.25, 0.3) is 0 Å². The van der Waals surface area contributed by atoms with Crippen LogP contribution in [0.15, 0.2) is 60.7 Å². The molecule has 5 nitrogen and oxygen atoms in total. The lowest BCUT2D eigenvalue weighted by Gasteiger charge is -2.32. The van der Waals surface area contributed by atoms with Crippen molar-refractivity contribution in [3.8, 4) is 0 Å². The summed E-state index contributed by atoms with van der Waals surface area (Å²) in [6.07, 6.45) is 0. The Morgan fingerprint density at radius 3 is 2.15 bits per heavy atom. The van der Waals surface area contributed by atoms with E-state index < -0.39 is 0 Å². The molecule has 2 aromatic carbocycles. The number of nitrogens with zero attached hydrogens (tertiary/aromatic N) is 2. The van der Waals surface area contributed by atoms with Crippen LogP contribution < -0.4 is 4.90 Å². The van der Waals surface area contributed by atoms with Gasteiger partial charge in [0.2, 0.25) is 0 Å². The monoisotopic (exact) mass is 352 g/mol. The summed E-state index contributed by atoms with van der Waals surface area (Å²) in [4.78, 5) is 29.9. The second kappa shape index (κ2) is 8.63. The van der Waals surface area contributed by atoms with Gasteiger partial charge in [-0.15, -0.1) is 0 Å². The van der Waals surface area contributed by atoms with Crippen molar-refractivity contribution in [2.24, 2.45) is 0 Å². The number of piperazine rings is 1. The van der Waals surface area contributed by atoms with E-state index in [0.29, 0.717) is 26.2 Å². The van der Waals surface area contributed by atoms with Crippen LogP contribution in [0.4, 0.5) is 0 Å². The van der Waals surface area contributed by atoms with Gasteiger partial charge in [-0.2, -0.15) is 0 Å². The van der Waals surface area contributed by atoms with E-state index in [1.165, 1.54) is 4.90 Å². The minimum atomic E-state index is 0.0807. The van der Waals surface area contributed by atoms with Gasteiger partial charge in [0, 0.05) is 19.2 Å². The zero-order valence-electron chi connectivity index (χ0n) is 15.2. The summed E-state index contributed by atoms with van der Waals surface area (Å²) in [5.74, 6) is 0.226. The zero-order valence-corrected chi connectivity index (χ0v) is 15.2. The van der Waals surface area contributed by atoms with Gasteiger partial charge >= 0.3 is 0 Å². The molecule has 2 aromatic rings. The molecule has 1 N–H and O–H groups in total. The summed E-state index contributed by atoms with van der Waals surface area (Å²) in [5.41, 5.74) is 1.87. The number of benzene rings is 2. The highest BCUT2D eigenvalue weighted by atomic mass is 16.2. The third-order valence-electron chi connectivity index (χ3n) is 4.87. The summed E-state index contributed by atoms with van der Waals surface area (Å²) < 4.78 is 0. The first kappa shape index (κ1) is 18.1. The standard InChI is InChI=1S/C21H25N3O2/c1-22(16-18-8-4-2-5-9-18)20(25)17-23-12-14-24(15-13-23)21(26)19-10-6-3-7-11-19/h2-11H,12-17H2,1H3/p+1. The van der Waals surface area contributed by atoms with Crippen molar-refractivity contribution in [2.45, 2.75) is 6.54 Å². The minimum absolute atomic E-state index is 0.0807.